The molecular weight excluding hydrogens is 405 g/mol. The standard InChI is InChI=1S/C17H35N3O2.HI/c1-15(2)13-17(7-5-6-8-17)14-20-16(18-3)19-9-10-22-12-11-21-4;/h15H,5-14H2,1-4H3,(H2,18,19,20);1H. The number of nitrogens with one attached hydrogen (secondary N) is 2. The van der Waals surface area contributed by atoms with Gasteiger partial charge in [-0.1, -0.05) is 26.7 Å². The molecule has 0 radical (unpaired) electrons. The van der Waals surface area contributed by atoms with Crippen LogP contribution in [0.25, 0.3) is 0 Å². The summed E-state index contributed by atoms with van der Waals surface area (Å²) in [6.07, 6.45) is 6.73. The van der Waals surface area contributed by atoms with E-state index in [0.29, 0.717) is 25.2 Å². The Labute approximate surface area is 159 Å². The van der Waals surface area contributed by atoms with Gasteiger partial charge < -0.3 is 20.1 Å². The molecule has 0 atom stereocenters. The lowest BCUT2D eigenvalue weighted by atomic mass is 9.78. The molecule has 0 saturated heterocycles. The molecule has 0 aliphatic heterocycles. The van der Waals surface area contributed by atoms with Crippen molar-refractivity contribution in [2.24, 2.45) is 16.3 Å². The van der Waals surface area contributed by atoms with Gasteiger partial charge in [0.1, 0.15) is 0 Å². The van der Waals surface area contributed by atoms with Crippen LogP contribution in [0.1, 0.15) is 46.0 Å². The quantitative estimate of drug-likeness (QED) is 0.237. The Morgan fingerprint density at radius 1 is 1.13 bits per heavy atom. The summed E-state index contributed by atoms with van der Waals surface area (Å²) in [6, 6.07) is 0. The molecule has 138 valence electrons. The molecule has 2 N–H and O–H groups in total. The van der Waals surface area contributed by atoms with E-state index in [0.717, 1.165) is 25.0 Å². The fourth-order valence-electron chi connectivity index (χ4n) is 3.42. The molecule has 1 saturated carbocycles. The van der Waals surface area contributed by atoms with Crippen LogP contribution >= 0.6 is 24.0 Å². The normalized spacial score (nSPS) is 17.2. The van der Waals surface area contributed by atoms with E-state index in [1.807, 2.05) is 7.05 Å². The number of hydrogen-bond donors (Lipinski definition) is 2. The molecule has 0 bridgehead atoms. The van der Waals surface area contributed by atoms with Gasteiger partial charge in [0.25, 0.3) is 0 Å². The molecule has 0 unspecified atom stereocenters. The van der Waals surface area contributed by atoms with E-state index in [2.05, 4.69) is 29.5 Å². The molecule has 1 rings (SSSR count). The van der Waals surface area contributed by atoms with Crippen molar-refractivity contribution >= 4 is 29.9 Å². The Hall–Kier alpha value is -0.0800. The number of methoxy groups -OCH3 is 1. The third kappa shape index (κ3) is 9.72. The average Bonchev–Trinajstić information content (AvgIpc) is 2.93. The first-order valence-electron chi connectivity index (χ1n) is 8.63. The van der Waals surface area contributed by atoms with Gasteiger partial charge in [0, 0.05) is 27.2 Å². The third-order valence-corrected chi connectivity index (χ3v) is 4.33. The molecule has 1 aliphatic rings. The predicted molar refractivity (Wildman–Crippen MR) is 108 cm³/mol. The van der Waals surface area contributed by atoms with Crippen LogP contribution in [0.4, 0.5) is 0 Å². The van der Waals surface area contributed by atoms with Gasteiger partial charge in [0.05, 0.1) is 19.8 Å². The highest BCUT2D eigenvalue weighted by Crippen LogP contribution is 2.42. The second-order valence-electron chi connectivity index (χ2n) is 6.76. The Morgan fingerprint density at radius 2 is 1.83 bits per heavy atom. The fraction of sp³-hybridized carbons (Fsp3) is 0.941. The second kappa shape index (κ2) is 13.2. The van der Waals surface area contributed by atoms with Gasteiger partial charge in [-0.15, -0.1) is 24.0 Å². The summed E-state index contributed by atoms with van der Waals surface area (Å²) in [5.74, 6) is 1.63. The van der Waals surface area contributed by atoms with Crippen molar-refractivity contribution in [3.63, 3.8) is 0 Å². The van der Waals surface area contributed by atoms with E-state index in [-0.39, 0.29) is 24.0 Å². The molecule has 5 nitrogen and oxygen atoms in total. The zero-order chi connectivity index (χ0) is 16.3. The molecule has 0 aromatic rings. The maximum Gasteiger partial charge on any atom is 0.191 e. The molecule has 1 fully saturated rings. The zero-order valence-corrected chi connectivity index (χ0v) is 17.7. The minimum absolute atomic E-state index is 0. The highest BCUT2D eigenvalue weighted by molar-refractivity contribution is 14.0. The minimum atomic E-state index is 0. The summed E-state index contributed by atoms with van der Waals surface area (Å²) in [4.78, 5) is 4.31. The van der Waals surface area contributed by atoms with Crippen LogP contribution in [0, 0.1) is 11.3 Å². The van der Waals surface area contributed by atoms with Crippen molar-refractivity contribution in [3.8, 4) is 0 Å². The maximum absolute atomic E-state index is 5.45. The monoisotopic (exact) mass is 441 g/mol. The lowest BCUT2D eigenvalue weighted by Gasteiger charge is -2.31. The molecule has 6 heteroatoms. The van der Waals surface area contributed by atoms with E-state index in [1.165, 1.54) is 32.1 Å². The molecule has 0 heterocycles. The van der Waals surface area contributed by atoms with Gasteiger partial charge in [0.2, 0.25) is 0 Å². The summed E-state index contributed by atoms with van der Waals surface area (Å²) < 4.78 is 10.4. The van der Waals surface area contributed by atoms with Crippen molar-refractivity contribution in [1.29, 1.82) is 0 Å². The molecule has 23 heavy (non-hydrogen) atoms. The summed E-state index contributed by atoms with van der Waals surface area (Å²) in [6.45, 7) is 8.39. The number of nitrogens with zero attached hydrogens (tertiary/aromatic N) is 1. The Kier molecular flexibility index (Phi) is 13.2. The van der Waals surface area contributed by atoms with Gasteiger partial charge >= 0.3 is 0 Å². The van der Waals surface area contributed by atoms with E-state index in [1.54, 1.807) is 7.11 Å². The van der Waals surface area contributed by atoms with E-state index >= 15 is 0 Å². The van der Waals surface area contributed by atoms with Crippen LogP contribution in [0.3, 0.4) is 0 Å². The van der Waals surface area contributed by atoms with Crippen LogP contribution in [-0.4, -0.2) is 53.0 Å². The SMILES string of the molecule is CN=C(NCCOCCOC)NCC1(CC(C)C)CCCC1.I. The molecule has 0 aromatic heterocycles. The smallest absolute Gasteiger partial charge is 0.191 e. The first kappa shape index (κ1) is 22.9. The van der Waals surface area contributed by atoms with Crippen molar-refractivity contribution in [2.75, 3.05) is 47.1 Å². The van der Waals surface area contributed by atoms with E-state index in [4.69, 9.17) is 9.47 Å². The zero-order valence-electron chi connectivity index (χ0n) is 15.3. The van der Waals surface area contributed by atoms with Gasteiger partial charge in [-0.3, -0.25) is 4.99 Å². The summed E-state index contributed by atoms with van der Waals surface area (Å²) in [5.41, 5.74) is 0.459. The average molecular weight is 441 g/mol. The summed E-state index contributed by atoms with van der Waals surface area (Å²) in [5, 5.41) is 6.83. The number of rotatable bonds is 10. The molecule has 0 amide bonds. The van der Waals surface area contributed by atoms with Crippen molar-refractivity contribution in [1.82, 2.24) is 10.6 Å². The predicted octanol–water partition coefficient (Wildman–Crippen LogP) is 3.04. The lowest BCUT2D eigenvalue weighted by molar-refractivity contribution is 0.0733. The molecule has 0 aromatic carbocycles. The summed E-state index contributed by atoms with van der Waals surface area (Å²) in [7, 11) is 3.51. The van der Waals surface area contributed by atoms with E-state index in [9.17, 15) is 0 Å². The second-order valence-corrected chi connectivity index (χ2v) is 6.76. The van der Waals surface area contributed by atoms with Crippen molar-refractivity contribution < 1.29 is 9.47 Å². The highest BCUT2D eigenvalue weighted by Gasteiger charge is 2.34. The van der Waals surface area contributed by atoms with Gasteiger partial charge in [-0.2, -0.15) is 0 Å². The largest absolute Gasteiger partial charge is 0.382 e. The lowest BCUT2D eigenvalue weighted by Crippen LogP contribution is -2.44. The maximum atomic E-state index is 5.45. The fourth-order valence-corrected chi connectivity index (χ4v) is 3.42. The first-order chi connectivity index (χ1) is 10.6. The number of hydrogen-bond acceptors (Lipinski definition) is 3. The Morgan fingerprint density at radius 3 is 2.39 bits per heavy atom. The number of halogens is 1. The number of guanidine groups is 1. The van der Waals surface area contributed by atoms with Crippen LogP contribution in [0.5, 0.6) is 0 Å². The summed E-state index contributed by atoms with van der Waals surface area (Å²) >= 11 is 0. The van der Waals surface area contributed by atoms with Crippen LogP contribution < -0.4 is 10.6 Å². The minimum Gasteiger partial charge on any atom is -0.382 e. The third-order valence-electron chi connectivity index (χ3n) is 4.33. The molecule has 1 aliphatic carbocycles. The molecule has 0 spiro atoms. The van der Waals surface area contributed by atoms with Crippen LogP contribution in [0.2, 0.25) is 0 Å². The van der Waals surface area contributed by atoms with Crippen LogP contribution in [0.15, 0.2) is 4.99 Å². The molecular formula is C17H36IN3O2. The Bertz CT molecular complexity index is 319. The van der Waals surface area contributed by atoms with Gasteiger partial charge in [-0.25, -0.2) is 0 Å². The number of aliphatic imine (C=N–C) groups is 1. The Balaban J connectivity index is 0.00000484. The van der Waals surface area contributed by atoms with E-state index < -0.39 is 0 Å². The first-order valence-corrected chi connectivity index (χ1v) is 8.63. The topological polar surface area (TPSA) is 54.9 Å². The van der Waals surface area contributed by atoms with Crippen molar-refractivity contribution in [2.45, 2.75) is 46.0 Å². The van der Waals surface area contributed by atoms with Crippen LogP contribution in [-0.2, 0) is 9.47 Å². The number of ether oxygens (including phenoxy) is 2. The van der Waals surface area contributed by atoms with Crippen molar-refractivity contribution in [3.05, 3.63) is 0 Å². The highest BCUT2D eigenvalue weighted by atomic mass is 127. The van der Waals surface area contributed by atoms with Gasteiger partial charge in [0.15, 0.2) is 5.96 Å². The van der Waals surface area contributed by atoms with Gasteiger partial charge in [-0.05, 0) is 30.6 Å².